The first-order valence-electron chi connectivity index (χ1n) is 7.77. The van der Waals surface area contributed by atoms with Crippen molar-refractivity contribution >= 4 is 57.3 Å². The van der Waals surface area contributed by atoms with E-state index in [2.05, 4.69) is 0 Å². The van der Waals surface area contributed by atoms with Crippen molar-refractivity contribution in [2.24, 2.45) is 0 Å². The normalized spacial score (nSPS) is 17.5. The van der Waals surface area contributed by atoms with Gasteiger partial charge in [-0.1, -0.05) is 47.4 Å². The van der Waals surface area contributed by atoms with E-state index in [4.69, 9.17) is 0 Å². The van der Waals surface area contributed by atoms with Gasteiger partial charge >= 0.3 is 6.97 Å². The molecule has 3 aromatic rings. The number of benzene rings is 2. The lowest BCUT2D eigenvalue weighted by atomic mass is 9.88. The standard InChI is InChI=1S/C17H11BF2N2OS2/c1-10(23)15-16-21(11-6-2-4-8-13(11)24-16)18(19,20)22-12-7-3-5-9-14(12)25-17(15)22/h2-9H,1H3. The molecule has 0 amide bonds. The molecule has 3 heterocycles. The second-order valence-electron chi connectivity index (χ2n) is 6.01. The van der Waals surface area contributed by atoms with E-state index in [0.29, 0.717) is 26.8 Å². The number of thiazole rings is 1. The third-order valence-electron chi connectivity index (χ3n) is 4.50. The number of hydrogen-bond acceptors (Lipinski definition) is 4. The van der Waals surface area contributed by atoms with Crippen molar-refractivity contribution in [3.05, 3.63) is 58.6 Å². The van der Waals surface area contributed by atoms with Crippen molar-refractivity contribution in [1.82, 2.24) is 0 Å². The molecule has 25 heavy (non-hydrogen) atoms. The summed E-state index contributed by atoms with van der Waals surface area (Å²) >= 11 is 2.49. The maximum atomic E-state index is 15.6. The van der Waals surface area contributed by atoms with Crippen LogP contribution in [0.1, 0.15) is 11.9 Å². The number of anilines is 1. The Kier molecular flexibility index (Phi) is 2.97. The molecular formula is C17H11BF2N2OS2. The van der Waals surface area contributed by atoms with Crippen molar-refractivity contribution in [2.45, 2.75) is 11.8 Å². The molecule has 2 aromatic carbocycles. The summed E-state index contributed by atoms with van der Waals surface area (Å²) in [7, 11) is 0. The predicted molar refractivity (Wildman–Crippen MR) is 97.8 cm³/mol. The number of rotatable bonds is 1. The third kappa shape index (κ3) is 1.86. The molecule has 124 valence electrons. The van der Waals surface area contributed by atoms with Crippen LogP contribution in [0.5, 0.6) is 0 Å². The Bertz CT molecular complexity index is 1110. The summed E-state index contributed by atoms with van der Waals surface area (Å²) < 4.78 is 33.1. The van der Waals surface area contributed by atoms with Gasteiger partial charge in [-0.25, -0.2) is 0 Å². The first kappa shape index (κ1) is 15.1. The Morgan fingerprint density at radius 1 is 1.12 bits per heavy atom. The van der Waals surface area contributed by atoms with Gasteiger partial charge in [0.2, 0.25) is 5.01 Å². The van der Waals surface area contributed by atoms with E-state index >= 15 is 8.63 Å². The van der Waals surface area contributed by atoms with Crippen LogP contribution in [0.4, 0.5) is 14.3 Å². The third-order valence-corrected chi connectivity index (χ3v) is 6.82. The number of thioether (sulfide) groups is 1. The summed E-state index contributed by atoms with van der Waals surface area (Å²) in [6, 6.07) is 14.1. The van der Waals surface area contributed by atoms with Crippen LogP contribution in [-0.2, 0) is 4.79 Å². The Morgan fingerprint density at radius 2 is 1.84 bits per heavy atom. The van der Waals surface area contributed by atoms with Crippen LogP contribution in [0.3, 0.4) is 0 Å². The lowest BCUT2D eigenvalue weighted by molar-refractivity contribution is -0.536. The zero-order valence-electron chi connectivity index (χ0n) is 13.1. The molecule has 0 unspecified atom stereocenters. The average Bonchev–Trinajstić information content (AvgIpc) is 3.13. The van der Waals surface area contributed by atoms with E-state index in [-0.39, 0.29) is 5.78 Å². The summed E-state index contributed by atoms with van der Waals surface area (Å²) in [6.45, 7) is -2.65. The zero-order valence-corrected chi connectivity index (χ0v) is 14.7. The summed E-state index contributed by atoms with van der Waals surface area (Å²) in [4.78, 5) is 14.2. The van der Waals surface area contributed by atoms with Gasteiger partial charge in [0.15, 0.2) is 11.3 Å². The van der Waals surface area contributed by atoms with Gasteiger partial charge in [-0.05, 0) is 25.1 Å². The second kappa shape index (κ2) is 4.92. The van der Waals surface area contributed by atoms with Crippen molar-refractivity contribution < 1.29 is 17.9 Å². The molecule has 3 nitrogen and oxygen atoms in total. The molecule has 0 fully saturated rings. The summed E-state index contributed by atoms with van der Waals surface area (Å²) in [5, 5.41) is 0.676. The first-order valence-corrected chi connectivity index (χ1v) is 9.41. The van der Waals surface area contributed by atoms with Crippen molar-refractivity contribution in [3.63, 3.8) is 0 Å². The highest BCUT2D eigenvalue weighted by atomic mass is 32.2. The Morgan fingerprint density at radius 3 is 2.64 bits per heavy atom. The number of aromatic nitrogens is 1. The molecule has 0 spiro atoms. The molecule has 0 saturated heterocycles. The number of hydrogen-bond donors (Lipinski definition) is 0. The topological polar surface area (TPSA) is 24.2 Å². The Labute approximate surface area is 150 Å². The molecule has 0 atom stereocenters. The lowest BCUT2D eigenvalue weighted by Crippen LogP contribution is -2.71. The van der Waals surface area contributed by atoms with Crippen molar-refractivity contribution in [3.8, 4) is 0 Å². The largest absolute Gasteiger partial charge is 0.739 e. The summed E-state index contributed by atoms with van der Waals surface area (Å²) in [5.74, 6) is -0.202. The number of para-hydroxylation sites is 2. The quantitative estimate of drug-likeness (QED) is 0.596. The van der Waals surface area contributed by atoms with Gasteiger partial charge in [0.1, 0.15) is 5.57 Å². The van der Waals surface area contributed by atoms with Crippen LogP contribution in [0.2, 0.25) is 0 Å². The highest BCUT2D eigenvalue weighted by Gasteiger charge is 2.59. The Balaban J connectivity index is 1.92. The molecule has 2 aliphatic heterocycles. The molecule has 0 radical (unpaired) electrons. The SMILES string of the molecule is CC(=O)C1=C2Sc3ccccc3N2[B-](F)(F)[n+]2c1sc1ccccc12. The zero-order chi connectivity index (χ0) is 17.3. The maximum absolute atomic E-state index is 15.6. The van der Waals surface area contributed by atoms with E-state index < -0.39 is 6.97 Å². The minimum Gasteiger partial charge on any atom is -0.389 e. The number of carbonyl (C=O) groups is 1. The molecule has 0 bridgehead atoms. The van der Waals surface area contributed by atoms with Gasteiger partial charge in [-0.2, -0.15) is 0 Å². The minimum atomic E-state index is -4.09. The van der Waals surface area contributed by atoms with E-state index in [9.17, 15) is 4.79 Å². The number of allylic oxidation sites excluding steroid dienone is 1. The van der Waals surface area contributed by atoms with E-state index in [1.54, 1.807) is 24.3 Å². The number of carbonyl (C=O) groups excluding carboxylic acids is 1. The number of fused-ring (bicyclic) bond motifs is 6. The molecule has 1 aromatic heterocycles. The highest BCUT2D eigenvalue weighted by molar-refractivity contribution is 8.04. The molecule has 0 saturated carbocycles. The summed E-state index contributed by atoms with van der Waals surface area (Å²) in [5.41, 5.74) is 1.29. The molecule has 5 rings (SSSR count). The van der Waals surface area contributed by atoms with Gasteiger partial charge in [0.25, 0.3) is 0 Å². The second-order valence-corrected chi connectivity index (χ2v) is 8.07. The van der Waals surface area contributed by atoms with Crippen LogP contribution < -0.4 is 9.29 Å². The van der Waals surface area contributed by atoms with Gasteiger partial charge < -0.3 is 17.9 Å². The van der Waals surface area contributed by atoms with Crippen LogP contribution in [0, 0.1) is 0 Å². The highest BCUT2D eigenvalue weighted by Crippen LogP contribution is 2.53. The van der Waals surface area contributed by atoms with Gasteiger partial charge in [0, 0.05) is 16.6 Å². The predicted octanol–water partition coefficient (Wildman–Crippen LogP) is 4.30. The number of ketones is 1. The Hall–Kier alpha value is -2.19. The number of Topliss-reactive ketones (excluding diaryl/α,β-unsaturated/α-hetero) is 1. The van der Waals surface area contributed by atoms with Crippen LogP contribution in [0.15, 0.2) is 58.5 Å². The van der Waals surface area contributed by atoms with Crippen LogP contribution in [0.25, 0.3) is 15.8 Å². The van der Waals surface area contributed by atoms with Crippen LogP contribution >= 0.6 is 23.1 Å². The molecular weight excluding hydrogens is 361 g/mol. The van der Waals surface area contributed by atoms with Crippen molar-refractivity contribution in [2.75, 3.05) is 4.81 Å². The van der Waals surface area contributed by atoms with Gasteiger partial charge in [0.05, 0.1) is 9.73 Å². The molecule has 2 aliphatic rings. The summed E-state index contributed by atoms with van der Waals surface area (Å²) in [6.07, 6.45) is 0. The van der Waals surface area contributed by atoms with Gasteiger partial charge in [-0.15, -0.1) is 0 Å². The fourth-order valence-electron chi connectivity index (χ4n) is 3.48. The first-order chi connectivity index (χ1) is 12.0. The fraction of sp³-hybridized carbons (Fsp3) is 0.0588. The van der Waals surface area contributed by atoms with E-state index in [1.165, 1.54) is 30.0 Å². The minimum absolute atomic E-state index is 0.202. The molecule has 0 aliphatic carbocycles. The number of halogens is 2. The monoisotopic (exact) mass is 372 g/mol. The maximum Gasteiger partial charge on any atom is 0.739 e. The lowest BCUT2D eigenvalue weighted by Gasteiger charge is -2.36. The van der Waals surface area contributed by atoms with E-state index in [0.717, 1.165) is 18.9 Å². The molecule has 0 N–H and O–H groups in total. The number of nitrogens with zero attached hydrogens (tertiary/aromatic N) is 2. The molecule has 8 heteroatoms. The van der Waals surface area contributed by atoms with Gasteiger partial charge in [-0.3, -0.25) is 4.79 Å². The average molecular weight is 372 g/mol. The fourth-order valence-corrected chi connectivity index (χ4v) is 6.13. The van der Waals surface area contributed by atoms with Crippen molar-refractivity contribution in [1.29, 1.82) is 0 Å². The smallest absolute Gasteiger partial charge is 0.389 e. The van der Waals surface area contributed by atoms with Crippen LogP contribution in [-0.4, -0.2) is 12.8 Å². The van der Waals surface area contributed by atoms with E-state index in [1.807, 2.05) is 24.3 Å².